The molecule has 1 heteroatoms. The number of ether oxygens (including phenoxy) is 1. The maximum Gasteiger partial charge on any atom is 0.0795 e. The summed E-state index contributed by atoms with van der Waals surface area (Å²) in [5.74, 6) is 0. The van der Waals surface area contributed by atoms with Crippen LogP contribution in [-0.2, 0) is 4.74 Å². The zero-order valence-electron chi connectivity index (χ0n) is 8.54. The molecule has 13 heavy (non-hydrogen) atoms. The second kappa shape index (κ2) is 6.90. The molecule has 0 aromatic carbocycles. The summed E-state index contributed by atoms with van der Waals surface area (Å²) in [6, 6.07) is 0. The van der Waals surface area contributed by atoms with Gasteiger partial charge >= 0.3 is 0 Å². The van der Waals surface area contributed by atoms with Gasteiger partial charge in [0.15, 0.2) is 0 Å². The van der Waals surface area contributed by atoms with E-state index in [-0.39, 0.29) is 0 Å². The first-order chi connectivity index (χ1) is 6.43. The van der Waals surface area contributed by atoms with Gasteiger partial charge in [0.1, 0.15) is 0 Å². The van der Waals surface area contributed by atoms with E-state index in [9.17, 15) is 0 Å². The predicted molar refractivity (Wildman–Crippen MR) is 56.8 cm³/mol. The van der Waals surface area contributed by atoms with Crippen molar-refractivity contribution in [2.24, 2.45) is 0 Å². The van der Waals surface area contributed by atoms with E-state index in [1.807, 2.05) is 0 Å². The molecule has 0 aromatic heterocycles. The summed E-state index contributed by atoms with van der Waals surface area (Å²) in [6.07, 6.45) is 15.4. The van der Waals surface area contributed by atoms with Crippen LogP contribution in [0.5, 0.6) is 0 Å². The van der Waals surface area contributed by atoms with Crippen LogP contribution in [0.25, 0.3) is 0 Å². The van der Waals surface area contributed by atoms with E-state index in [0.717, 1.165) is 13.0 Å². The van der Waals surface area contributed by atoms with E-state index in [1.165, 1.54) is 25.7 Å². The van der Waals surface area contributed by atoms with Gasteiger partial charge in [0.25, 0.3) is 0 Å². The van der Waals surface area contributed by atoms with Gasteiger partial charge < -0.3 is 4.74 Å². The van der Waals surface area contributed by atoms with E-state index < -0.39 is 0 Å². The predicted octanol–water partition coefficient (Wildman–Crippen LogP) is 3.47. The van der Waals surface area contributed by atoms with Crippen molar-refractivity contribution in [3.8, 4) is 0 Å². The normalized spacial score (nSPS) is 21.8. The highest BCUT2D eigenvalue weighted by Crippen LogP contribution is 2.08. The molecule has 1 nitrogen and oxygen atoms in total. The number of allylic oxidation sites excluding steroid dienone is 1. The average Bonchev–Trinajstić information content (AvgIpc) is 2.63. The molecule has 0 fully saturated rings. The molecule has 0 spiro atoms. The van der Waals surface area contributed by atoms with E-state index >= 15 is 0 Å². The Morgan fingerprint density at radius 3 is 3.00 bits per heavy atom. The van der Waals surface area contributed by atoms with E-state index in [1.54, 1.807) is 0 Å². The molecule has 1 unspecified atom stereocenters. The Bertz CT molecular complexity index is 170. The fourth-order valence-corrected chi connectivity index (χ4v) is 1.45. The Morgan fingerprint density at radius 2 is 2.31 bits per heavy atom. The average molecular weight is 180 g/mol. The molecule has 0 saturated carbocycles. The highest BCUT2D eigenvalue weighted by molar-refractivity contribution is 4.99. The van der Waals surface area contributed by atoms with E-state index in [0.29, 0.717) is 6.10 Å². The van der Waals surface area contributed by atoms with Crippen molar-refractivity contribution >= 4 is 0 Å². The fourth-order valence-electron chi connectivity index (χ4n) is 1.45. The van der Waals surface area contributed by atoms with Gasteiger partial charge in [-0.3, -0.25) is 0 Å². The van der Waals surface area contributed by atoms with Crippen molar-refractivity contribution in [2.75, 3.05) is 6.61 Å². The molecular weight excluding hydrogens is 160 g/mol. The molecule has 1 atom stereocenters. The Morgan fingerprint density at radius 1 is 1.38 bits per heavy atom. The van der Waals surface area contributed by atoms with Crippen LogP contribution in [0.3, 0.4) is 0 Å². The molecule has 1 heterocycles. The molecule has 0 amide bonds. The van der Waals surface area contributed by atoms with Gasteiger partial charge in [-0.2, -0.15) is 0 Å². The summed E-state index contributed by atoms with van der Waals surface area (Å²) in [5, 5.41) is 0. The van der Waals surface area contributed by atoms with Crippen LogP contribution in [0.4, 0.5) is 0 Å². The molecule has 74 valence electrons. The summed E-state index contributed by atoms with van der Waals surface area (Å²) < 4.78 is 5.42. The van der Waals surface area contributed by atoms with Gasteiger partial charge in [0.2, 0.25) is 0 Å². The van der Waals surface area contributed by atoms with Gasteiger partial charge in [-0.05, 0) is 19.3 Å². The smallest absolute Gasteiger partial charge is 0.0795 e. The second-order valence-electron chi connectivity index (χ2n) is 3.50. The van der Waals surface area contributed by atoms with Gasteiger partial charge in [-0.25, -0.2) is 0 Å². The fraction of sp³-hybridized carbons (Fsp3) is 0.667. The van der Waals surface area contributed by atoms with Crippen LogP contribution in [0.2, 0.25) is 0 Å². The molecule has 0 aliphatic carbocycles. The van der Waals surface area contributed by atoms with Crippen LogP contribution in [-0.4, -0.2) is 12.7 Å². The molecular formula is C12H20O. The van der Waals surface area contributed by atoms with Gasteiger partial charge in [0, 0.05) is 0 Å². The van der Waals surface area contributed by atoms with Gasteiger partial charge in [-0.15, -0.1) is 0 Å². The van der Waals surface area contributed by atoms with Crippen LogP contribution >= 0.6 is 0 Å². The number of hydrogen-bond acceptors (Lipinski definition) is 1. The molecule has 1 aliphatic heterocycles. The van der Waals surface area contributed by atoms with Crippen molar-refractivity contribution in [1.29, 1.82) is 0 Å². The summed E-state index contributed by atoms with van der Waals surface area (Å²) in [5.41, 5.74) is 0. The molecule has 0 N–H and O–H groups in total. The minimum absolute atomic E-state index is 0.349. The van der Waals surface area contributed by atoms with Crippen LogP contribution < -0.4 is 0 Å². The van der Waals surface area contributed by atoms with Crippen molar-refractivity contribution in [2.45, 2.75) is 45.1 Å². The molecule has 0 bridgehead atoms. The number of hydrogen-bond donors (Lipinski definition) is 0. The van der Waals surface area contributed by atoms with E-state index in [2.05, 4.69) is 31.2 Å². The minimum Gasteiger partial charge on any atom is -0.370 e. The van der Waals surface area contributed by atoms with Crippen molar-refractivity contribution in [3.63, 3.8) is 0 Å². The summed E-state index contributed by atoms with van der Waals surface area (Å²) in [4.78, 5) is 0. The highest BCUT2D eigenvalue weighted by Gasteiger charge is 2.05. The molecule has 0 aromatic rings. The molecule has 0 saturated heterocycles. The summed E-state index contributed by atoms with van der Waals surface area (Å²) >= 11 is 0. The zero-order chi connectivity index (χ0) is 9.36. The molecule has 1 aliphatic rings. The topological polar surface area (TPSA) is 9.23 Å². The lowest BCUT2D eigenvalue weighted by Crippen LogP contribution is -2.01. The lowest BCUT2D eigenvalue weighted by atomic mass is 10.1. The van der Waals surface area contributed by atoms with Gasteiger partial charge in [-0.1, -0.05) is 44.1 Å². The van der Waals surface area contributed by atoms with Gasteiger partial charge in [0.05, 0.1) is 12.7 Å². The third-order valence-corrected chi connectivity index (χ3v) is 2.27. The largest absolute Gasteiger partial charge is 0.370 e. The quantitative estimate of drug-likeness (QED) is 0.449. The number of unbranched alkanes of at least 4 members (excludes halogenated alkanes) is 3. The lowest BCUT2D eigenvalue weighted by molar-refractivity contribution is 0.130. The molecule has 0 radical (unpaired) electrons. The van der Waals surface area contributed by atoms with E-state index in [4.69, 9.17) is 4.74 Å². The first-order valence-electron chi connectivity index (χ1n) is 5.36. The first-order valence-corrected chi connectivity index (χ1v) is 5.36. The highest BCUT2D eigenvalue weighted by atomic mass is 16.5. The number of rotatable bonds is 6. The first kappa shape index (κ1) is 10.5. The third kappa shape index (κ3) is 4.89. The maximum absolute atomic E-state index is 5.42. The van der Waals surface area contributed by atoms with Crippen molar-refractivity contribution in [1.82, 2.24) is 0 Å². The Balaban J connectivity index is 1.94. The van der Waals surface area contributed by atoms with Crippen molar-refractivity contribution < 1.29 is 4.74 Å². The maximum atomic E-state index is 5.42. The van der Waals surface area contributed by atoms with Crippen LogP contribution in [0.15, 0.2) is 24.3 Å². The van der Waals surface area contributed by atoms with Crippen molar-refractivity contribution in [3.05, 3.63) is 24.3 Å². The zero-order valence-corrected chi connectivity index (χ0v) is 8.54. The van der Waals surface area contributed by atoms with Crippen LogP contribution in [0, 0.1) is 0 Å². The Labute approximate surface area is 81.5 Å². The summed E-state index contributed by atoms with van der Waals surface area (Å²) in [7, 11) is 0. The SMILES string of the molecule is CCCCCC=CCC1C=CCO1. The third-order valence-electron chi connectivity index (χ3n) is 2.27. The Kier molecular flexibility index (Phi) is 5.59. The second-order valence-corrected chi connectivity index (χ2v) is 3.50. The summed E-state index contributed by atoms with van der Waals surface area (Å²) in [6.45, 7) is 3.04. The monoisotopic (exact) mass is 180 g/mol. The minimum atomic E-state index is 0.349. The van der Waals surface area contributed by atoms with Crippen LogP contribution in [0.1, 0.15) is 39.0 Å². The molecule has 1 rings (SSSR count). The standard InChI is InChI=1S/C12H20O/c1-2-3-4-5-6-7-9-12-10-8-11-13-12/h6-8,10,12H,2-5,9,11H2,1H3. The lowest BCUT2D eigenvalue weighted by Gasteiger charge is -2.02. The Hall–Kier alpha value is -0.560.